The van der Waals surface area contributed by atoms with Crippen LogP contribution in [0.1, 0.15) is 214 Å². The van der Waals surface area contributed by atoms with E-state index in [1.807, 2.05) is 41.9 Å². The van der Waals surface area contributed by atoms with Gasteiger partial charge in [-0.2, -0.15) is 0 Å². The third-order valence-corrected chi connectivity index (χ3v) is 12.5. The van der Waals surface area contributed by atoms with E-state index in [2.05, 4.69) is 6.92 Å². The van der Waals surface area contributed by atoms with Crippen LogP contribution in [-0.2, 0) is 37.4 Å². The Kier molecular flexibility index (Phi) is 30.8. The molecule has 0 spiro atoms. The van der Waals surface area contributed by atoms with Gasteiger partial charge in [-0.25, -0.2) is 4.57 Å². The van der Waals surface area contributed by atoms with E-state index in [4.69, 9.17) is 23.3 Å². The van der Waals surface area contributed by atoms with Gasteiger partial charge in [0.2, 0.25) is 0 Å². The van der Waals surface area contributed by atoms with Gasteiger partial charge in [-0.15, -0.1) is 0 Å². The maximum atomic E-state index is 12.7. The summed E-state index contributed by atoms with van der Waals surface area (Å²) in [4.78, 5) is 35.5. The second-order valence-electron chi connectivity index (χ2n) is 18.8. The van der Waals surface area contributed by atoms with E-state index in [1.54, 1.807) is 0 Å². The Morgan fingerprint density at radius 3 is 1.56 bits per heavy atom. The molecule has 0 aromatic carbocycles. The second-order valence-corrected chi connectivity index (χ2v) is 20.3. The first-order chi connectivity index (χ1) is 28.1. The fourth-order valence-corrected chi connectivity index (χ4v) is 8.31. The predicted octanol–water partition coefficient (Wildman–Crippen LogP) is 11.9. The van der Waals surface area contributed by atoms with Crippen LogP contribution >= 0.6 is 7.82 Å². The van der Waals surface area contributed by atoms with Crippen molar-refractivity contribution in [3.63, 3.8) is 0 Å². The van der Waals surface area contributed by atoms with Crippen LogP contribution in [0.15, 0.2) is 0 Å². The third-order valence-electron chi connectivity index (χ3n) is 11.5. The molecule has 0 aromatic rings. The summed E-state index contributed by atoms with van der Waals surface area (Å²) in [5, 5.41) is 13.9. The molecular weight excluding hydrogens is 771 g/mol. The number of nitrogens with zero attached hydrogens (tertiary/aromatic N) is 2. The normalized spacial score (nSPS) is 18.5. The standard InChI is InChI=1S/C46H91N2O10P/c1-8-10-11-12-13-14-15-16-19-22-25-28-31-34-43(49)54-39-42(40-57-59(52,53)56-38-37-48(5,6)7)58-44(50)35-32-29-26-23-20-17-18-21-24-27-30-33-36-46(9-2)47(51)45(3,4)41-55-46/h42H,8-41H2,1-7H3,(H,52,53)/t42-,46?/m1/s1. The zero-order chi connectivity index (χ0) is 43.9. The number of esters is 2. The van der Waals surface area contributed by atoms with Gasteiger partial charge in [0.25, 0.3) is 0 Å². The molecule has 0 amide bonds. The fraction of sp³-hybridized carbons (Fsp3) is 0.957. The predicted molar refractivity (Wildman–Crippen MR) is 239 cm³/mol. The summed E-state index contributed by atoms with van der Waals surface area (Å²) in [6.45, 7) is 8.58. The number of ether oxygens (including phenoxy) is 3. The first-order valence-corrected chi connectivity index (χ1v) is 25.4. The SMILES string of the molecule is CCCCCCCCCCCCCCCC(=O)OC[C@H](COP(=O)(O)OCC[N+](C)(C)C)OC(=O)CCCCCCCCCCCCCCC1(CC)OCC(C)(C)N1[O-]. The van der Waals surface area contributed by atoms with E-state index in [0.717, 1.165) is 64.2 Å². The summed E-state index contributed by atoms with van der Waals surface area (Å²) >= 11 is 0. The molecular formula is C46H91N2O10P. The Bertz CT molecular complexity index is 1120. The molecule has 1 aliphatic rings. The van der Waals surface area contributed by atoms with E-state index in [9.17, 15) is 24.3 Å². The highest BCUT2D eigenvalue weighted by Gasteiger charge is 2.44. The van der Waals surface area contributed by atoms with E-state index < -0.39 is 37.8 Å². The van der Waals surface area contributed by atoms with Crippen molar-refractivity contribution in [2.75, 3.05) is 54.1 Å². The minimum absolute atomic E-state index is 0.0230. The summed E-state index contributed by atoms with van der Waals surface area (Å²) in [7, 11) is 1.45. The molecule has 0 radical (unpaired) electrons. The van der Waals surface area contributed by atoms with Gasteiger partial charge in [-0.05, 0) is 46.0 Å². The van der Waals surface area contributed by atoms with Crippen molar-refractivity contribution in [1.29, 1.82) is 0 Å². The molecule has 350 valence electrons. The maximum Gasteiger partial charge on any atom is 0.472 e. The van der Waals surface area contributed by atoms with Gasteiger partial charge in [0.05, 0.1) is 34.4 Å². The van der Waals surface area contributed by atoms with Gasteiger partial charge in [0.1, 0.15) is 25.5 Å². The van der Waals surface area contributed by atoms with Gasteiger partial charge >= 0.3 is 19.8 Å². The van der Waals surface area contributed by atoms with Crippen molar-refractivity contribution in [3.05, 3.63) is 5.21 Å². The fourth-order valence-electron chi connectivity index (χ4n) is 7.57. The third kappa shape index (κ3) is 29.0. The summed E-state index contributed by atoms with van der Waals surface area (Å²) in [5.41, 5.74) is -1.08. The van der Waals surface area contributed by atoms with E-state index >= 15 is 0 Å². The van der Waals surface area contributed by atoms with Crippen molar-refractivity contribution in [2.45, 2.75) is 231 Å². The number of unbranched alkanes of at least 4 members (excludes halogenated alkanes) is 23. The Hall–Kier alpha value is -1.11. The molecule has 3 atom stereocenters. The molecule has 2 unspecified atom stereocenters. The molecule has 1 rings (SSSR count). The molecule has 1 N–H and O–H groups in total. The van der Waals surface area contributed by atoms with Crippen LogP contribution in [0.3, 0.4) is 0 Å². The van der Waals surface area contributed by atoms with E-state index in [-0.39, 0.29) is 32.0 Å². The molecule has 1 heterocycles. The first kappa shape index (κ1) is 55.9. The van der Waals surface area contributed by atoms with Gasteiger partial charge in [0.15, 0.2) is 6.10 Å². The molecule has 1 aliphatic heterocycles. The molecule has 0 aliphatic carbocycles. The summed E-state index contributed by atoms with van der Waals surface area (Å²) < 4.78 is 40.4. The molecule has 13 heteroatoms. The lowest BCUT2D eigenvalue weighted by Crippen LogP contribution is -2.48. The smallest absolute Gasteiger partial charge is 0.472 e. The van der Waals surface area contributed by atoms with Crippen molar-refractivity contribution >= 4 is 19.8 Å². The number of phosphoric ester groups is 1. The maximum absolute atomic E-state index is 12.7. The monoisotopic (exact) mass is 863 g/mol. The van der Waals surface area contributed by atoms with Gasteiger partial charge in [0, 0.05) is 18.4 Å². The highest BCUT2D eigenvalue weighted by atomic mass is 31.2. The van der Waals surface area contributed by atoms with Crippen LogP contribution in [0.5, 0.6) is 0 Å². The molecule has 59 heavy (non-hydrogen) atoms. The minimum atomic E-state index is -4.39. The topological polar surface area (TPSA) is 144 Å². The zero-order valence-corrected chi connectivity index (χ0v) is 40.0. The van der Waals surface area contributed by atoms with Gasteiger partial charge in [-0.3, -0.25) is 18.6 Å². The number of carbonyl (C=O) groups is 2. The van der Waals surface area contributed by atoms with Crippen LogP contribution in [0.25, 0.3) is 0 Å². The highest BCUT2D eigenvalue weighted by molar-refractivity contribution is 7.47. The van der Waals surface area contributed by atoms with E-state index in [1.165, 1.54) is 108 Å². The lowest BCUT2D eigenvalue weighted by atomic mass is 9.98. The number of hydrogen-bond acceptors (Lipinski definition) is 10. The quantitative estimate of drug-likeness (QED) is 0.0272. The largest absolute Gasteiger partial charge is 0.783 e. The Morgan fingerprint density at radius 1 is 0.695 bits per heavy atom. The first-order valence-electron chi connectivity index (χ1n) is 23.9. The molecule has 0 bridgehead atoms. The van der Waals surface area contributed by atoms with Crippen molar-refractivity contribution in [3.8, 4) is 0 Å². The molecule has 0 aromatic heterocycles. The minimum Gasteiger partial charge on any atom is -0.783 e. The van der Waals surface area contributed by atoms with E-state index in [0.29, 0.717) is 24.1 Å². The summed E-state index contributed by atoms with van der Waals surface area (Å²) in [6.07, 6.45) is 30.1. The molecule has 1 saturated heterocycles. The van der Waals surface area contributed by atoms with Crippen LogP contribution in [0, 0.1) is 5.21 Å². The molecule has 0 saturated carbocycles. The molecule has 1 fully saturated rings. The zero-order valence-electron chi connectivity index (χ0n) is 39.1. The van der Waals surface area contributed by atoms with Gasteiger partial charge in [-0.1, -0.05) is 155 Å². The van der Waals surface area contributed by atoms with Gasteiger partial charge < -0.3 is 33.9 Å². The highest BCUT2D eigenvalue weighted by Crippen LogP contribution is 2.43. The van der Waals surface area contributed by atoms with Crippen molar-refractivity contribution < 1.29 is 46.8 Å². The van der Waals surface area contributed by atoms with Crippen molar-refractivity contribution in [2.24, 2.45) is 0 Å². The van der Waals surface area contributed by atoms with Crippen LogP contribution in [-0.4, -0.2) is 97.9 Å². The van der Waals surface area contributed by atoms with Crippen LogP contribution in [0.4, 0.5) is 0 Å². The van der Waals surface area contributed by atoms with Crippen LogP contribution in [0.2, 0.25) is 0 Å². The Morgan fingerprint density at radius 2 is 1.14 bits per heavy atom. The number of carbonyl (C=O) groups excluding carboxylic acids is 2. The molecule has 12 nitrogen and oxygen atoms in total. The Labute approximate surface area is 361 Å². The summed E-state index contributed by atoms with van der Waals surface area (Å²) in [5.74, 6) is -0.822. The lowest BCUT2D eigenvalue weighted by molar-refractivity contribution is -0.870. The number of rotatable bonds is 40. The number of hydrogen-bond donors (Lipinski definition) is 1. The average molecular weight is 863 g/mol. The number of phosphoric acid groups is 1. The number of quaternary nitrogens is 1. The lowest BCUT2D eigenvalue weighted by Gasteiger charge is -2.47. The van der Waals surface area contributed by atoms with Crippen LogP contribution < -0.4 is 0 Å². The van der Waals surface area contributed by atoms with Crippen molar-refractivity contribution in [1.82, 2.24) is 5.06 Å². The number of hydroxylamine groups is 2. The summed E-state index contributed by atoms with van der Waals surface area (Å²) in [6, 6.07) is 0. The average Bonchev–Trinajstić information content (AvgIpc) is 3.41. The number of likely N-dealkylation sites (N-methyl/N-ethyl adjacent to an activating group) is 1. The second kappa shape index (κ2) is 32.5. The Balaban J connectivity index is 2.26.